The highest BCUT2D eigenvalue weighted by Crippen LogP contribution is 2.20. The van der Waals surface area contributed by atoms with E-state index in [1.165, 1.54) is 0 Å². The summed E-state index contributed by atoms with van der Waals surface area (Å²) in [6.45, 7) is 9.50. The first-order chi connectivity index (χ1) is 6.64. The first kappa shape index (κ1) is 12.0. The van der Waals surface area contributed by atoms with Gasteiger partial charge in [0.2, 0.25) is 0 Å². The summed E-state index contributed by atoms with van der Waals surface area (Å²) in [6, 6.07) is 0. The zero-order chi connectivity index (χ0) is 10.4. The van der Waals surface area contributed by atoms with Crippen molar-refractivity contribution >= 4 is 0 Å². The molecule has 0 radical (unpaired) electrons. The summed E-state index contributed by atoms with van der Waals surface area (Å²) in [5.74, 6) is 0. The summed E-state index contributed by atoms with van der Waals surface area (Å²) in [5.41, 5.74) is -0.424. The van der Waals surface area contributed by atoms with Gasteiger partial charge in [-0.1, -0.05) is 6.92 Å². The molecule has 1 saturated heterocycles. The summed E-state index contributed by atoms with van der Waals surface area (Å²) in [6.07, 6.45) is 2.99. The fourth-order valence-electron chi connectivity index (χ4n) is 1.96. The Labute approximate surface area is 87.5 Å². The van der Waals surface area contributed by atoms with Crippen LogP contribution in [-0.4, -0.2) is 48.3 Å². The largest absolute Gasteiger partial charge is 0.390 e. The van der Waals surface area contributed by atoms with Crippen molar-refractivity contribution in [1.82, 2.24) is 10.2 Å². The second-order valence-electron chi connectivity index (χ2n) is 4.55. The molecule has 1 heterocycles. The van der Waals surface area contributed by atoms with Crippen LogP contribution in [0, 0.1) is 0 Å². The average molecular weight is 200 g/mol. The lowest BCUT2D eigenvalue weighted by atomic mass is 9.98. The fourth-order valence-corrected chi connectivity index (χ4v) is 1.96. The molecule has 0 spiro atoms. The number of hydrogen-bond donors (Lipinski definition) is 2. The van der Waals surface area contributed by atoms with E-state index >= 15 is 0 Å². The quantitative estimate of drug-likeness (QED) is 0.660. The van der Waals surface area contributed by atoms with Gasteiger partial charge in [-0.2, -0.15) is 0 Å². The molecule has 84 valence electrons. The Morgan fingerprint density at radius 3 is 2.86 bits per heavy atom. The van der Waals surface area contributed by atoms with Gasteiger partial charge in [-0.15, -0.1) is 0 Å². The number of nitrogens with zero attached hydrogens (tertiary/aromatic N) is 1. The highest BCUT2D eigenvalue weighted by atomic mass is 16.3. The SMILES string of the molecule is CCNCCN1CCCC(C)(O)CC1. The van der Waals surface area contributed by atoms with Crippen LogP contribution < -0.4 is 5.32 Å². The minimum atomic E-state index is -0.424. The first-order valence-corrected chi connectivity index (χ1v) is 5.79. The third kappa shape index (κ3) is 4.40. The van der Waals surface area contributed by atoms with Crippen LogP contribution in [0.2, 0.25) is 0 Å². The van der Waals surface area contributed by atoms with Crippen molar-refractivity contribution in [2.24, 2.45) is 0 Å². The molecule has 1 aliphatic heterocycles. The molecule has 0 amide bonds. The number of nitrogens with one attached hydrogen (secondary N) is 1. The molecule has 0 bridgehead atoms. The lowest BCUT2D eigenvalue weighted by Crippen LogP contribution is -2.34. The molecular formula is C11H24N2O. The second kappa shape index (κ2) is 5.69. The number of rotatable bonds is 4. The Bertz CT molecular complexity index is 159. The van der Waals surface area contributed by atoms with Crippen LogP contribution in [0.25, 0.3) is 0 Å². The van der Waals surface area contributed by atoms with E-state index < -0.39 is 5.60 Å². The van der Waals surface area contributed by atoms with Crippen molar-refractivity contribution in [2.45, 2.75) is 38.7 Å². The van der Waals surface area contributed by atoms with Crippen molar-refractivity contribution in [1.29, 1.82) is 0 Å². The van der Waals surface area contributed by atoms with E-state index in [0.717, 1.165) is 52.0 Å². The van der Waals surface area contributed by atoms with Crippen LogP contribution >= 0.6 is 0 Å². The lowest BCUT2D eigenvalue weighted by molar-refractivity contribution is 0.0447. The zero-order valence-electron chi connectivity index (χ0n) is 9.55. The fraction of sp³-hybridized carbons (Fsp3) is 1.00. The summed E-state index contributed by atoms with van der Waals surface area (Å²) < 4.78 is 0. The van der Waals surface area contributed by atoms with E-state index in [1.807, 2.05) is 6.92 Å². The molecule has 0 aromatic rings. The predicted molar refractivity (Wildman–Crippen MR) is 59.5 cm³/mol. The van der Waals surface area contributed by atoms with E-state index in [2.05, 4.69) is 17.1 Å². The Morgan fingerprint density at radius 1 is 1.36 bits per heavy atom. The predicted octanol–water partition coefficient (Wildman–Crippen LogP) is 0.833. The minimum absolute atomic E-state index is 0.424. The van der Waals surface area contributed by atoms with Crippen molar-refractivity contribution in [3.05, 3.63) is 0 Å². The van der Waals surface area contributed by atoms with Gasteiger partial charge in [0.15, 0.2) is 0 Å². The van der Waals surface area contributed by atoms with Gasteiger partial charge in [-0.25, -0.2) is 0 Å². The molecule has 2 N–H and O–H groups in total. The number of hydrogen-bond acceptors (Lipinski definition) is 3. The molecule has 1 fully saturated rings. The standard InChI is InChI=1S/C11H24N2O/c1-3-12-7-10-13-8-4-5-11(2,14)6-9-13/h12,14H,3-10H2,1-2H3. The van der Waals surface area contributed by atoms with Crippen LogP contribution in [0.1, 0.15) is 33.1 Å². The van der Waals surface area contributed by atoms with E-state index in [4.69, 9.17) is 0 Å². The molecule has 0 aromatic carbocycles. The summed E-state index contributed by atoms with van der Waals surface area (Å²) in [4.78, 5) is 2.45. The normalized spacial score (nSPS) is 30.2. The van der Waals surface area contributed by atoms with Gasteiger partial charge in [0.25, 0.3) is 0 Å². The third-order valence-electron chi connectivity index (χ3n) is 3.01. The van der Waals surface area contributed by atoms with Gasteiger partial charge >= 0.3 is 0 Å². The Hall–Kier alpha value is -0.120. The van der Waals surface area contributed by atoms with Crippen molar-refractivity contribution in [3.8, 4) is 0 Å². The van der Waals surface area contributed by atoms with Gasteiger partial charge in [0.1, 0.15) is 0 Å². The van der Waals surface area contributed by atoms with Crippen LogP contribution in [0.15, 0.2) is 0 Å². The van der Waals surface area contributed by atoms with Gasteiger partial charge in [0, 0.05) is 19.6 Å². The van der Waals surface area contributed by atoms with E-state index in [9.17, 15) is 5.11 Å². The first-order valence-electron chi connectivity index (χ1n) is 5.79. The molecule has 1 aliphatic rings. The maximum Gasteiger partial charge on any atom is 0.0632 e. The van der Waals surface area contributed by atoms with Gasteiger partial charge in [-0.05, 0) is 39.3 Å². The van der Waals surface area contributed by atoms with Gasteiger partial charge in [0.05, 0.1) is 5.60 Å². The van der Waals surface area contributed by atoms with Crippen molar-refractivity contribution in [3.63, 3.8) is 0 Å². The van der Waals surface area contributed by atoms with Crippen molar-refractivity contribution in [2.75, 3.05) is 32.7 Å². The molecule has 1 atom stereocenters. The average Bonchev–Trinajstić information content (AvgIpc) is 2.28. The van der Waals surface area contributed by atoms with Gasteiger partial charge in [-0.3, -0.25) is 0 Å². The van der Waals surface area contributed by atoms with Crippen LogP contribution in [0.5, 0.6) is 0 Å². The van der Waals surface area contributed by atoms with Crippen LogP contribution in [0.4, 0.5) is 0 Å². The highest BCUT2D eigenvalue weighted by Gasteiger charge is 2.24. The smallest absolute Gasteiger partial charge is 0.0632 e. The van der Waals surface area contributed by atoms with E-state index in [-0.39, 0.29) is 0 Å². The molecule has 1 unspecified atom stereocenters. The minimum Gasteiger partial charge on any atom is -0.390 e. The molecule has 0 aliphatic carbocycles. The number of aliphatic hydroxyl groups is 1. The molecule has 0 saturated carbocycles. The van der Waals surface area contributed by atoms with E-state index in [0.29, 0.717) is 0 Å². The van der Waals surface area contributed by atoms with Crippen LogP contribution in [0.3, 0.4) is 0 Å². The van der Waals surface area contributed by atoms with Gasteiger partial charge < -0.3 is 15.3 Å². The molecule has 3 heteroatoms. The molecule has 3 nitrogen and oxygen atoms in total. The summed E-state index contributed by atoms with van der Waals surface area (Å²) in [5, 5.41) is 13.2. The lowest BCUT2D eigenvalue weighted by Gasteiger charge is -2.22. The third-order valence-corrected chi connectivity index (χ3v) is 3.01. The number of likely N-dealkylation sites (N-methyl/N-ethyl adjacent to an activating group) is 1. The highest BCUT2D eigenvalue weighted by molar-refractivity contribution is 4.79. The number of likely N-dealkylation sites (tertiary alicyclic amines) is 1. The Kier molecular flexibility index (Phi) is 4.85. The monoisotopic (exact) mass is 200 g/mol. The maximum atomic E-state index is 9.90. The Balaban J connectivity index is 2.21. The van der Waals surface area contributed by atoms with Crippen molar-refractivity contribution < 1.29 is 5.11 Å². The summed E-state index contributed by atoms with van der Waals surface area (Å²) >= 11 is 0. The Morgan fingerprint density at radius 2 is 2.14 bits per heavy atom. The second-order valence-corrected chi connectivity index (χ2v) is 4.55. The molecule has 0 aromatic heterocycles. The van der Waals surface area contributed by atoms with Crippen LogP contribution in [-0.2, 0) is 0 Å². The zero-order valence-corrected chi connectivity index (χ0v) is 9.55. The van der Waals surface area contributed by atoms with E-state index in [1.54, 1.807) is 0 Å². The molecule has 14 heavy (non-hydrogen) atoms. The maximum absolute atomic E-state index is 9.90. The topological polar surface area (TPSA) is 35.5 Å². The molecular weight excluding hydrogens is 176 g/mol. The summed E-state index contributed by atoms with van der Waals surface area (Å²) in [7, 11) is 0. The molecule has 1 rings (SSSR count).